The van der Waals surface area contributed by atoms with Crippen molar-refractivity contribution in [1.82, 2.24) is 19.8 Å². The van der Waals surface area contributed by atoms with E-state index in [0.29, 0.717) is 23.9 Å². The standard InChI is InChI=1S/C21H23ClN6O2/c1-25-8-14-7-23-19(24-16(14)9-25)26-10-21(11-26)12-27(13-21)20(29)28-4-5-30-18-6-15(22)2-3-17(18)28/h2-3,6-7H,4-5,8-13H2,1H3. The lowest BCUT2D eigenvalue weighted by Gasteiger charge is -2.60. The van der Waals surface area contributed by atoms with Gasteiger partial charge in [0.05, 0.1) is 17.9 Å². The fourth-order valence-corrected chi connectivity index (χ4v) is 5.18. The van der Waals surface area contributed by atoms with E-state index in [9.17, 15) is 4.79 Å². The number of hydrogen-bond acceptors (Lipinski definition) is 6. The van der Waals surface area contributed by atoms with E-state index in [-0.39, 0.29) is 11.4 Å². The molecule has 0 radical (unpaired) electrons. The number of benzene rings is 1. The van der Waals surface area contributed by atoms with Crippen LogP contribution < -0.4 is 14.5 Å². The second-order valence-electron chi connectivity index (χ2n) is 8.92. The Morgan fingerprint density at radius 1 is 1.20 bits per heavy atom. The first-order chi connectivity index (χ1) is 14.5. The second kappa shape index (κ2) is 6.46. The predicted octanol–water partition coefficient (Wildman–Crippen LogP) is 2.22. The summed E-state index contributed by atoms with van der Waals surface area (Å²) in [4.78, 5) is 30.6. The molecule has 4 aliphatic rings. The summed E-state index contributed by atoms with van der Waals surface area (Å²) in [5, 5.41) is 0.612. The Balaban J connectivity index is 1.09. The number of amides is 2. The third kappa shape index (κ3) is 2.81. The zero-order valence-corrected chi connectivity index (χ0v) is 17.6. The van der Waals surface area contributed by atoms with Crippen molar-refractivity contribution in [3.05, 3.63) is 40.7 Å². The van der Waals surface area contributed by atoms with Crippen molar-refractivity contribution in [1.29, 1.82) is 0 Å². The fourth-order valence-electron chi connectivity index (χ4n) is 5.02. The number of anilines is 2. The zero-order chi connectivity index (χ0) is 20.5. The Morgan fingerprint density at radius 2 is 2.03 bits per heavy atom. The summed E-state index contributed by atoms with van der Waals surface area (Å²) in [7, 11) is 2.10. The van der Waals surface area contributed by atoms with Crippen molar-refractivity contribution < 1.29 is 9.53 Å². The van der Waals surface area contributed by atoms with E-state index in [1.165, 1.54) is 5.56 Å². The summed E-state index contributed by atoms with van der Waals surface area (Å²) in [5.74, 6) is 1.49. The molecular formula is C21H23ClN6O2. The molecule has 0 saturated carbocycles. The first-order valence-corrected chi connectivity index (χ1v) is 10.6. The van der Waals surface area contributed by atoms with Crippen LogP contribution in [-0.2, 0) is 13.1 Å². The van der Waals surface area contributed by atoms with Gasteiger partial charge in [-0.1, -0.05) is 11.6 Å². The molecule has 0 unspecified atom stereocenters. The summed E-state index contributed by atoms with van der Waals surface area (Å²) in [6, 6.07) is 5.47. The molecule has 1 aromatic heterocycles. The van der Waals surface area contributed by atoms with Crippen molar-refractivity contribution in [2.75, 3.05) is 56.2 Å². The quantitative estimate of drug-likeness (QED) is 0.696. The van der Waals surface area contributed by atoms with Gasteiger partial charge in [-0.2, -0.15) is 0 Å². The van der Waals surface area contributed by atoms with Crippen molar-refractivity contribution in [2.45, 2.75) is 13.1 Å². The lowest BCUT2D eigenvalue weighted by Crippen LogP contribution is -2.74. The van der Waals surface area contributed by atoms with Crippen LogP contribution in [0.15, 0.2) is 24.4 Å². The van der Waals surface area contributed by atoms with Gasteiger partial charge >= 0.3 is 6.03 Å². The number of nitrogens with zero attached hydrogens (tertiary/aromatic N) is 6. The lowest BCUT2D eigenvalue weighted by molar-refractivity contribution is 0.00883. The van der Waals surface area contributed by atoms with Crippen LogP contribution >= 0.6 is 11.6 Å². The summed E-state index contributed by atoms with van der Waals surface area (Å²) in [6.45, 7) is 6.21. The molecule has 156 valence electrons. The fraction of sp³-hybridized carbons (Fsp3) is 0.476. The third-order valence-electron chi connectivity index (χ3n) is 6.48. The number of halogens is 1. The Labute approximate surface area is 180 Å². The van der Waals surface area contributed by atoms with E-state index < -0.39 is 0 Å². The van der Waals surface area contributed by atoms with E-state index in [1.807, 2.05) is 17.2 Å². The van der Waals surface area contributed by atoms with Crippen molar-refractivity contribution in [3.63, 3.8) is 0 Å². The second-order valence-corrected chi connectivity index (χ2v) is 9.36. The van der Waals surface area contributed by atoms with Crippen molar-refractivity contribution in [3.8, 4) is 5.75 Å². The van der Waals surface area contributed by atoms with E-state index in [0.717, 1.165) is 56.6 Å². The highest BCUT2D eigenvalue weighted by Crippen LogP contribution is 2.43. The van der Waals surface area contributed by atoms with Crippen molar-refractivity contribution >= 4 is 29.3 Å². The van der Waals surface area contributed by atoms with E-state index >= 15 is 0 Å². The lowest BCUT2D eigenvalue weighted by atomic mass is 9.73. The van der Waals surface area contributed by atoms with Gasteiger partial charge in [0.15, 0.2) is 0 Å². The van der Waals surface area contributed by atoms with Gasteiger partial charge in [-0.25, -0.2) is 14.8 Å². The summed E-state index contributed by atoms with van der Waals surface area (Å²) < 4.78 is 5.67. The van der Waals surface area contributed by atoms with Crippen molar-refractivity contribution in [2.24, 2.45) is 5.41 Å². The topological polar surface area (TPSA) is 65.0 Å². The number of ether oxygens (including phenoxy) is 1. The summed E-state index contributed by atoms with van der Waals surface area (Å²) in [6.07, 6.45) is 1.96. The third-order valence-corrected chi connectivity index (χ3v) is 6.71. The van der Waals surface area contributed by atoms with Crippen LogP contribution in [0, 0.1) is 5.41 Å². The molecule has 0 bridgehead atoms. The number of urea groups is 1. The molecule has 9 heteroatoms. The monoisotopic (exact) mass is 426 g/mol. The Kier molecular flexibility index (Phi) is 3.92. The maximum Gasteiger partial charge on any atom is 0.324 e. The molecule has 30 heavy (non-hydrogen) atoms. The minimum atomic E-state index is 0.0442. The van der Waals surface area contributed by atoms with E-state index in [2.05, 4.69) is 21.8 Å². The molecule has 2 saturated heterocycles. The molecule has 0 aliphatic carbocycles. The first-order valence-electron chi connectivity index (χ1n) is 10.3. The highest BCUT2D eigenvalue weighted by atomic mass is 35.5. The predicted molar refractivity (Wildman–Crippen MR) is 113 cm³/mol. The molecule has 4 aliphatic heterocycles. The molecule has 8 nitrogen and oxygen atoms in total. The molecule has 1 spiro atoms. The molecular weight excluding hydrogens is 404 g/mol. The highest BCUT2D eigenvalue weighted by molar-refractivity contribution is 6.30. The summed E-state index contributed by atoms with van der Waals surface area (Å²) in [5.41, 5.74) is 3.33. The van der Waals surface area contributed by atoms with Crippen LogP contribution in [0.5, 0.6) is 5.75 Å². The van der Waals surface area contributed by atoms with Crippen LogP contribution in [0.1, 0.15) is 11.3 Å². The van der Waals surface area contributed by atoms with Gasteiger partial charge in [0, 0.05) is 67.5 Å². The average molecular weight is 427 g/mol. The van der Waals surface area contributed by atoms with Gasteiger partial charge < -0.3 is 14.5 Å². The molecule has 1 aromatic carbocycles. The minimum Gasteiger partial charge on any atom is -0.489 e. The number of aromatic nitrogens is 2. The molecule has 2 amide bonds. The Hall–Kier alpha value is -2.58. The molecule has 0 atom stereocenters. The number of carbonyl (C=O) groups is 1. The largest absolute Gasteiger partial charge is 0.489 e. The number of hydrogen-bond donors (Lipinski definition) is 0. The SMILES string of the molecule is CN1Cc2cnc(N3CC4(CN(C(=O)N5CCOc6cc(Cl)ccc65)C4)C3)nc2C1. The van der Waals surface area contributed by atoms with Gasteiger partial charge in [0.25, 0.3) is 0 Å². The molecule has 2 fully saturated rings. The minimum absolute atomic E-state index is 0.0442. The first kappa shape index (κ1) is 18.2. The van der Waals surface area contributed by atoms with Gasteiger partial charge in [0.2, 0.25) is 5.95 Å². The smallest absolute Gasteiger partial charge is 0.324 e. The Morgan fingerprint density at radius 3 is 2.87 bits per heavy atom. The van der Waals surface area contributed by atoms with Crippen LogP contribution in [-0.4, -0.2) is 72.2 Å². The maximum atomic E-state index is 13.1. The number of carbonyl (C=O) groups excluding carboxylic acids is 1. The normalized spacial score (nSPS) is 21.6. The molecule has 6 rings (SSSR count). The van der Waals surface area contributed by atoms with E-state index in [1.54, 1.807) is 17.0 Å². The number of likely N-dealkylation sites (tertiary alicyclic amines) is 1. The van der Waals surface area contributed by atoms with Crippen LogP contribution in [0.4, 0.5) is 16.4 Å². The van der Waals surface area contributed by atoms with Gasteiger partial charge in [-0.3, -0.25) is 9.80 Å². The van der Waals surface area contributed by atoms with Gasteiger partial charge in [-0.05, 0) is 19.2 Å². The van der Waals surface area contributed by atoms with E-state index in [4.69, 9.17) is 21.3 Å². The van der Waals surface area contributed by atoms with Crippen LogP contribution in [0.25, 0.3) is 0 Å². The van der Waals surface area contributed by atoms with Gasteiger partial charge in [-0.15, -0.1) is 0 Å². The average Bonchev–Trinajstić information content (AvgIpc) is 3.04. The number of rotatable bonds is 1. The molecule has 0 N–H and O–H groups in total. The van der Waals surface area contributed by atoms with Crippen LogP contribution in [0.3, 0.4) is 0 Å². The maximum absolute atomic E-state index is 13.1. The number of fused-ring (bicyclic) bond motifs is 2. The van der Waals surface area contributed by atoms with Gasteiger partial charge in [0.1, 0.15) is 12.4 Å². The molecule has 2 aromatic rings. The highest BCUT2D eigenvalue weighted by Gasteiger charge is 2.54. The van der Waals surface area contributed by atoms with Crippen LogP contribution in [0.2, 0.25) is 5.02 Å². The Bertz CT molecular complexity index is 1030. The zero-order valence-electron chi connectivity index (χ0n) is 16.8. The molecule has 5 heterocycles. The summed E-state index contributed by atoms with van der Waals surface area (Å²) >= 11 is 6.06.